The van der Waals surface area contributed by atoms with Crippen LogP contribution in [0.15, 0.2) is 5.38 Å². The van der Waals surface area contributed by atoms with Crippen molar-refractivity contribution in [1.29, 1.82) is 0 Å². The number of nitrogens with two attached hydrogens (primary N) is 1. The summed E-state index contributed by atoms with van der Waals surface area (Å²) in [5.41, 5.74) is 7.28. The Morgan fingerprint density at radius 2 is 2.42 bits per heavy atom. The Morgan fingerprint density at radius 1 is 1.75 bits per heavy atom. The lowest BCUT2D eigenvalue weighted by molar-refractivity contribution is 0.706. The van der Waals surface area contributed by atoms with Gasteiger partial charge < -0.3 is 5.73 Å². The first-order valence-electron chi connectivity index (χ1n) is 4.32. The maximum Gasteiger partial charge on any atom is 0.108 e. The van der Waals surface area contributed by atoms with Crippen molar-refractivity contribution < 1.29 is 0 Å². The third-order valence-electron chi connectivity index (χ3n) is 2.07. The van der Waals surface area contributed by atoms with Crippen LogP contribution in [0, 0.1) is 0 Å². The van der Waals surface area contributed by atoms with Crippen LogP contribution in [0.2, 0.25) is 0 Å². The van der Waals surface area contributed by atoms with Gasteiger partial charge in [-0.25, -0.2) is 4.98 Å². The van der Waals surface area contributed by atoms with Crippen molar-refractivity contribution in [2.45, 2.75) is 30.8 Å². The van der Waals surface area contributed by atoms with E-state index < -0.39 is 0 Å². The number of aromatic nitrogens is 1. The largest absolute Gasteiger partial charge is 0.323 e. The van der Waals surface area contributed by atoms with E-state index in [-0.39, 0.29) is 5.16 Å². The number of hydrogen-bond acceptors (Lipinski definition) is 3. The molecule has 66 valence electrons. The van der Waals surface area contributed by atoms with Crippen molar-refractivity contribution in [1.82, 2.24) is 4.98 Å². The molecule has 2 rings (SSSR count). The Morgan fingerprint density at radius 3 is 2.83 bits per heavy atom. The summed E-state index contributed by atoms with van der Waals surface area (Å²) < 4.78 is 0. The predicted molar refractivity (Wildman–Crippen MR) is 55.6 cm³/mol. The van der Waals surface area contributed by atoms with Crippen LogP contribution in [0.25, 0.3) is 0 Å². The Kier molecular flexibility index (Phi) is 1.86. The Labute approximate surface area is 79.6 Å². The summed E-state index contributed by atoms with van der Waals surface area (Å²) in [6.45, 7) is 2.06. The summed E-state index contributed by atoms with van der Waals surface area (Å²) in [5, 5.41) is 3.17. The fourth-order valence-corrected chi connectivity index (χ4v) is 2.55. The molecule has 2 N–H and O–H groups in total. The quantitative estimate of drug-likeness (QED) is 0.704. The SMILES string of the molecule is CC(N)([SiH3])c1nc(C2CC2)cs1. The average Bonchev–Trinajstić information content (AvgIpc) is 2.66. The maximum absolute atomic E-state index is 6.00. The van der Waals surface area contributed by atoms with Gasteiger partial charge >= 0.3 is 0 Å². The van der Waals surface area contributed by atoms with Gasteiger partial charge in [0.05, 0.1) is 5.69 Å². The maximum atomic E-state index is 6.00. The average molecular weight is 198 g/mol. The van der Waals surface area contributed by atoms with Crippen LogP contribution in [0.3, 0.4) is 0 Å². The van der Waals surface area contributed by atoms with Gasteiger partial charge in [0, 0.05) is 26.7 Å². The van der Waals surface area contributed by atoms with E-state index in [4.69, 9.17) is 5.73 Å². The standard InChI is InChI=1S/C8H14N2SSi/c1-8(9,12)7-10-6(4-11-7)5-2-3-5/h4-5H,2-3,9H2,1,12H3. The summed E-state index contributed by atoms with van der Waals surface area (Å²) in [5.74, 6) is 0.763. The second-order valence-corrected chi connectivity index (χ2v) is 7.01. The molecule has 1 unspecified atom stereocenters. The molecule has 0 spiro atoms. The smallest absolute Gasteiger partial charge is 0.108 e. The minimum atomic E-state index is -0.127. The summed E-state index contributed by atoms with van der Waals surface area (Å²) in [6.07, 6.45) is 2.65. The van der Waals surface area contributed by atoms with E-state index in [0.717, 1.165) is 21.2 Å². The van der Waals surface area contributed by atoms with E-state index >= 15 is 0 Å². The number of hydrogen-bond donors (Lipinski definition) is 1. The number of thiazole rings is 1. The highest BCUT2D eigenvalue weighted by Gasteiger charge is 2.28. The predicted octanol–water partition coefficient (Wildman–Crippen LogP) is 0.517. The monoisotopic (exact) mass is 198 g/mol. The van der Waals surface area contributed by atoms with Crippen molar-refractivity contribution in [3.05, 3.63) is 16.1 Å². The van der Waals surface area contributed by atoms with Crippen LogP contribution in [-0.4, -0.2) is 15.2 Å². The number of rotatable bonds is 2. The van der Waals surface area contributed by atoms with Crippen molar-refractivity contribution in [3.8, 4) is 0 Å². The third kappa shape index (κ3) is 1.60. The molecule has 1 aromatic rings. The molecule has 1 fully saturated rings. The Bertz CT molecular complexity index is 285. The van der Waals surface area contributed by atoms with Gasteiger partial charge in [-0.2, -0.15) is 0 Å². The highest BCUT2D eigenvalue weighted by Crippen LogP contribution is 2.40. The number of nitrogens with zero attached hydrogens (tertiary/aromatic N) is 1. The molecule has 0 saturated heterocycles. The topological polar surface area (TPSA) is 38.9 Å². The highest BCUT2D eigenvalue weighted by atomic mass is 32.1. The molecule has 0 bridgehead atoms. The van der Waals surface area contributed by atoms with Crippen LogP contribution in [0.5, 0.6) is 0 Å². The van der Waals surface area contributed by atoms with E-state index in [9.17, 15) is 0 Å². The normalized spacial score (nSPS) is 22.5. The minimum absolute atomic E-state index is 0.127. The fourth-order valence-electron chi connectivity index (χ4n) is 1.15. The highest BCUT2D eigenvalue weighted by molar-refractivity contribution is 7.10. The summed E-state index contributed by atoms with van der Waals surface area (Å²) in [6, 6.07) is 0. The van der Waals surface area contributed by atoms with E-state index in [0.29, 0.717) is 0 Å². The molecule has 2 nitrogen and oxygen atoms in total. The zero-order chi connectivity index (χ0) is 8.77. The van der Waals surface area contributed by atoms with Crippen LogP contribution < -0.4 is 5.73 Å². The molecule has 1 aliphatic rings. The van der Waals surface area contributed by atoms with Crippen molar-refractivity contribution >= 4 is 21.6 Å². The van der Waals surface area contributed by atoms with Crippen molar-refractivity contribution in [2.24, 2.45) is 5.73 Å². The van der Waals surface area contributed by atoms with Gasteiger partial charge in [-0.3, -0.25) is 0 Å². The Balaban J connectivity index is 2.23. The second kappa shape index (κ2) is 2.65. The zero-order valence-corrected chi connectivity index (χ0v) is 10.3. The van der Waals surface area contributed by atoms with Gasteiger partial charge in [0.2, 0.25) is 0 Å². The first kappa shape index (κ1) is 8.41. The van der Waals surface area contributed by atoms with Crippen LogP contribution in [0.1, 0.15) is 36.4 Å². The molecule has 1 aromatic heterocycles. The van der Waals surface area contributed by atoms with Crippen LogP contribution >= 0.6 is 11.3 Å². The van der Waals surface area contributed by atoms with Crippen molar-refractivity contribution in [2.75, 3.05) is 0 Å². The van der Waals surface area contributed by atoms with E-state index in [2.05, 4.69) is 17.3 Å². The van der Waals surface area contributed by atoms with Gasteiger partial charge in [-0.15, -0.1) is 11.3 Å². The first-order valence-corrected chi connectivity index (χ1v) is 6.20. The molecule has 1 aliphatic carbocycles. The van der Waals surface area contributed by atoms with Gasteiger partial charge in [0.1, 0.15) is 5.01 Å². The Hall–Kier alpha value is -0.193. The molecule has 0 amide bonds. The summed E-state index contributed by atoms with van der Waals surface area (Å²) in [4.78, 5) is 4.57. The molecular weight excluding hydrogens is 184 g/mol. The van der Waals surface area contributed by atoms with Gasteiger partial charge in [0.15, 0.2) is 0 Å². The molecule has 4 heteroatoms. The van der Waals surface area contributed by atoms with Crippen LogP contribution in [-0.2, 0) is 5.16 Å². The first-order chi connectivity index (χ1) is 5.57. The second-order valence-electron chi connectivity index (χ2n) is 4.07. The molecule has 0 aromatic carbocycles. The summed E-state index contributed by atoms with van der Waals surface area (Å²) in [7, 11) is 0.971. The molecule has 0 radical (unpaired) electrons. The molecule has 1 saturated carbocycles. The van der Waals surface area contributed by atoms with Gasteiger partial charge in [-0.1, -0.05) is 0 Å². The van der Waals surface area contributed by atoms with Gasteiger partial charge in [0.25, 0.3) is 0 Å². The van der Waals surface area contributed by atoms with E-state index in [1.807, 2.05) is 0 Å². The summed E-state index contributed by atoms with van der Waals surface area (Å²) >= 11 is 1.72. The lowest BCUT2D eigenvalue weighted by Gasteiger charge is -2.13. The zero-order valence-electron chi connectivity index (χ0n) is 7.50. The van der Waals surface area contributed by atoms with Gasteiger partial charge in [-0.05, 0) is 19.8 Å². The van der Waals surface area contributed by atoms with E-state index in [1.165, 1.54) is 18.5 Å². The van der Waals surface area contributed by atoms with E-state index in [1.54, 1.807) is 11.3 Å². The molecular formula is C8H14N2SSi. The van der Waals surface area contributed by atoms with Crippen molar-refractivity contribution in [3.63, 3.8) is 0 Å². The molecule has 1 heterocycles. The molecule has 1 atom stereocenters. The lowest BCUT2D eigenvalue weighted by Crippen LogP contribution is -2.32. The lowest BCUT2D eigenvalue weighted by atomic mass is 10.3. The van der Waals surface area contributed by atoms with Crippen LogP contribution in [0.4, 0.5) is 0 Å². The molecule has 0 aliphatic heterocycles. The molecule has 12 heavy (non-hydrogen) atoms. The minimum Gasteiger partial charge on any atom is -0.323 e. The fraction of sp³-hybridized carbons (Fsp3) is 0.625. The third-order valence-corrected chi connectivity index (χ3v) is 4.10.